The van der Waals surface area contributed by atoms with E-state index in [-0.39, 0.29) is 24.5 Å². The first-order chi connectivity index (χ1) is 7.99. The number of hydrogen-bond acceptors (Lipinski definition) is 3. The molecule has 1 rings (SSSR count). The number of aryl methyl sites for hydroxylation is 1. The lowest BCUT2D eigenvalue weighted by molar-refractivity contribution is -0.137. The number of carboxylic acid groups (broad SMARTS) is 1. The van der Waals surface area contributed by atoms with E-state index < -0.39 is 5.97 Å². The van der Waals surface area contributed by atoms with Gasteiger partial charge in [-0.2, -0.15) is 0 Å². The predicted octanol–water partition coefficient (Wildman–Crippen LogP) is 1.89. The maximum Gasteiger partial charge on any atom is 0.303 e. The maximum atomic E-state index is 11.4. The summed E-state index contributed by atoms with van der Waals surface area (Å²) in [6.07, 6.45) is 0.479. The van der Waals surface area contributed by atoms with Gasteiger partial charge in [0.25, 0.3) is 0 Å². The Kier molecular flexibility index (Phi) is 4.51. The van der Waals surface area contributed by atoms with Crippen LogP contribution in [0.2, 0.25) is 0 Å². The van der Waals surface area contributed by atoms with Gasteiger partial charge in [-0.1, -0.05) is 0 Å². The molecule has 5 nitrogen and oxygen atoms in total. The summed E-state index contributed by atoms with van der Waals surface area (Å²) >= 11 is 0. The molecule has 0 aromatic heterocycles. The van der Waals surface area contributed by atoms with Crippen molar-refractivity contribution in [3.63, 3.8) is 0 Å². The fourth-order valence-electron chi connectivity index (χ4n) is 1.36. The normalized spacial score (nSPS) is 9.94. The third-order valence-corrected chi connectivity index (χ3v) is 2.28. The standard InChI is InChI=1S/C12H15NO4/c1-8-7-9(5-6-10(8)14)13-11(15)3-2-4-12(16)17/h5-7,14H,2-4H2,1H3,(H,13,15)(H,16,17). The van der Waals surface area contributed by atoms with Crippen molar-refractivity contribution in [2.75, 3.05) is 5.32 Å². The minimum atomic E-state index is -0.904. The Morgan fingerprint density at radius 1 is 1.29 bits per heavy atom. The van der Waals surface area contributed by atoms with Gasteiger partial charge in [-0.15, -0.1) is 0 Å². The number of phenolic OH excluding ortho intramolecular Hbond substituents is 1. The summed E-state index contributed by atoms with van der Waals surface area (Å²) in [6.45, 7) is 1.73. The van der Waals surface area contributed by atoms with Gasteiger partial charge in [0.1, 0.15) is 5.75 Å². The minimum absolute atomic E-state index is 0.0119. The molecule has 0 heterocycles. The first-order valence-electron chi connectivity index (χ1n) is 5.30. The molecule has 0 aliphatic rings. The van der Waals surface area contributed by atoms with E-state index in [9.17, 15) is 14.7 Å². The molecule has 3 N–H and O–H groups in total. The van der Waals surface area contributed by atoms with Gasteiger partial charge in [0.05, 0.1) is 0 Å². The van der Waals surface area contributed by atoms with E-state index in [2.05, 4.69) is 5.32 Å². The van der Waals surface area contributed by atoms with Gasteiger partial charge in [0, 0.05) is 18.5 Å². The molecule has 0 aliphatic heterocycles. The summed E-state index contributed by atoms with van der Waals surface area (Å²) in [5.74, 6) is -0.955. The van der Waals surface area contributed by atoms with Crippen molar-refractivity contribution in [3.8, 4) is 5.75 Å². The summed E-state index contributed by atoms with van der Waals surface area (Å²) in [4.78, 5) is 21.7. The van der Waals surface area contributed by atoms with Crippen LogP contribution in [0.5, 0.6) is 5.75 Å². The maximum absolute atomic E-state index is 11.4. The Balaban J connectivity index is 2.45. The summed E-state index contributed by atoms with van der Waals surface area (Å²) in [7, 11) is 0. The second-order valence-electron chi connectivity index (χ2n) is 3.80. The van der Waals surface area contributed by atoms with Crippen LogP contribution in [0.15, 0.2) is 18.2 Å². The van der Waals surface area contributed by atoms with Crippen LogP contribution in [0.1, 0.15) is 24.8 Å². The average Bonchev–Trinajstić information content (AvgIpc) is 2.23. The van der Waals surface area contributed by atoms with Crippen LogP contribution in [-0.4, -0.2) is 22.1 Å². The summed E-state index contributed by atoms with van der Waals surface area (Å²) in [5.41, 5.74) is 1.27. The smallest absolute Gasteiger partial charge is 0.303 e. The number of amides is 1. The monoisotopic (exact) mass is 237 g/mol. The molecule has 5 heteroatoms. The van der Waals surface area contributed by atoms with Crippen molar-refractivity contribution in [1.29, 1.82) is 0 Å². The SMILES string of the molecule is Cc1cc(NC(=O)CCCC(=O)O)ccc1O. The highest BCUT2D eigenvalue weighted by molar-refractivity contribution is 5.91. The fourth-order valence-corrected chi connectivity index (χ4v) is 1.36. The minimum Gasteiger partial charge on any atom is -0.508 e. The number of carboxylic acids is 1. The Bertz CT molecular complexity index is 429. The molecular formula is C12H15NO4. The number of rotatable bonds is 5. The number of carbonyl (C=O) groups excluding carboxylic acids is 1. The number of phenols is 1. The van der Waals surface area contributed by atoms with E-state index in [0.717, 1.165) is 0 Å². The van der Waals surface area contributed by atoms with Crippen molar-refractivity contribution in [1.82, 2.24) is 0 Å². The first-order valence-corrected chi connectivity index (χ1v) is 5.30. The highest BCUT2D eigenvalue weighted by Gasteiger charge is 2.05. The van der Waals surface area contributed by atoms with Gasteiger partial charge in [-0.05, 0) is 37.1 Å². The van der Waals surface area contributed by atoms with Gasteiger partial charge in [-0.3, -0.25) is 9.59 Å². The second-order valence-corrected chi connectivity index (χ2v) is 3.80. The molecule has 17 heavy (non-hydrogen) atoms. The molecule has 1 aromatic rings. The number of aliphatic carboxylic acids is 1. The van der Waals surface area contributed by atoms with E-state index in [0.29, 0.717) is 17.7 Å². The van der Waals surface area contributed by atoms with E-state index in [4.69, 9.17) is 5.11 Å². The molecule has 0 saturated carbocycles. The Hall–Kier alpha value is -2.04. The Morgan fingerprint density at radius 2 is 2.00 bits per heavy atom. The van der Waals surface area contributed by atoms with Crippen LogP contribution in [0.25, 0.3) is 0 Å². The molecule has 0 saturated heterocycles. The topological polar surface area (TPSA) is 86.6 Å². The van der Waals surface area contributed by atoms with Crippen LogP contribution in [0.4, 0.5) is 5.69 Å². The van der Waals surface area contributed by atoms with Gasteiger partial charge >= 0.3 is 5.97 Å². The largest absolute Gasteiger partial charge is 0.508 e. The molecule has 1 aromatic carbocycles. The number of aromatic hydroxyl groups is 1. The van der Waals surface area contributed by atoms with Gasteiger partial charge in [0.2, 0.25) is 5.91 Å². The lowest BCUT2D eigenvalue weighted by Gasteiger charge is -2.06. The van der Waals surface area contributed by atoms with E-state index in [1.165, 1.54) is 6.07 Å². The van der Waals surface area contributed by atoms with Crippen molar-refractivity contribution in [2.24, 2.45) is 0 Å². The zero-order valence-corrected chi connectivity index (χ0v) is 9.56. The molecule has 0 fully saturated rings. The van der Waals surface area contributed by atoms with Crippen molar-refractivity contribution >= 4 is 17.6 Å². The second kappa shape index (κ2) is 5.89. The summed E-state index contributed by atoms with van der Waals surface area (Å²) < 4.78 is 0. The number of carbonyl (C=O) groups is 2. The van der Waals surface area contributed by atoms with Crippen molar-refractivity contribution in [2.45, 2.75) is 26.2 Å². The van der Waals surface area contributed by atoms with E-state index in [1.54, 1.807) is 19.1 Å². The van der Waals surface area contributed by atoms with Crippen LogP contribution >= 0.6 is 0 Å². The summed E-state index contributed by atoms with van der Waals surface area (Å²) in [6, 6.07) is 4.75. The van der Waals surface area contributed by atoms with Crippen LogP contribution in [0, 0.1) is 6.92 Å². The summed E-state index contributed by atoms with van der Waals surface area (Å²) in [5, 5.41) is 20.4. The number of nitrogens with one attached hydrogen (secondary N) is 1. The molecule has 0 spiro atoms. The highest BCUT2D eigenvalue weighted by atomic mass is 16.4. The molecular weight excluding hydrogens is 222 g/mol. The molecule has 1 amide bonds. The number of benzene rings is 1. The molecule has 0 radical (unpaired) electrons. The lowest BCUT2D eigenvalue weighted by atomic mass is 10.2. The number of hydrogen-bond donors (Lipinski definition) is 3. The third-order valence-electron chi connectivity index (χ3n) is 2.28. The molecule has 92 valence electrons. The highest BCUT2D eigenvalue weighted by Crippen LogP contribution is 2.20. The molecule has 0 unspecified atom stereocenters. The van der Waals surface area contributed by atoms with Crippen molar-refractivity contribution < 1.29 is 19.8 Å². The Labute approximate surface area is 99.1 Å². The van der Waals surface area contributed by atoms with Crippen LogP contribution in [-0.2, 0) is 9.59 Å². The van der Waals surface area contributed by atoms with E-state index >= 15 is 0 Å². The lowest BCUT2D eigenvalue weighted by Crippen LogP contribution is -2.11. The zero-order chi connectivity index (χ0) is 12.8. The molecule has 0 bridgehead atoms. The van der Waals surface area contributed by atoms with Crippen LogP contribution in [0.3, 0.4) is 0 Å². The predicted molar refractivity (Wildman–Crippen MR) is 63.0 cm³/mol. The third kappa shape index (κ3) is 4.55. The van der Waals surface area contributed by atoms with Crippen molar-refractivity contribution in [3.05, 3.63) is 23.8 Å². The fraction of sp³-hybridized carbons (Fsp3) is 0.333. The van der Waals surface area contributed by atoms with Gasteiger partial charge in [0.15, 0.2) is 0 Å². The molecule has 0 aliphatic carbocycles. The van der Waals surface area contributed by atoms with Gasteiger partial charge in [-0.25, -0.2) is 0 Å². The number of anilines is 1. The van der Waals surface area contributed by atoms with E-state index in [1.807, 2.05) is 0 Å². The van der Waals surface area contributed by atoms with Crippen LogP contribution < -0.4 is 5.32 Å². The van der Waals surface area contributed by atoms with Gasteiger partial charge < -0.3 is 15.5 Å². The Morgan fingerprint density at radius 3 is 2.59 bits per heavy atom. The average molecular weight is 237 g/mol. The quantitative estimate of drug-likeness (QED) is 0.682. The molecule has 0 atom stereocenters. The first kappa shape index (κ1) is 13.0. The zero-order valence-electron chi connectivity index (χ0n) is 9.56.